The topological polar surface area (TPSA) is 102 Å². The van der Waals surface area contributed by atoms with Gasteiger partial charge in [-0.15, -0.1) is 0 Å². The van der Waals surface area contributed by atoms with E-state index in [1.807, 2.05) is 6.92 Å². The van der Waals surface area contributed by atoms with Crippen LogP contribution in [-0.2, 0) is 4.74 Å². The monoisotopic (exact) mass is 342 g/mol. The number of rotatable bonds is 4. The normalized spacial score (nSPS) is 15.9. The zero-order chi connectivity index (χ0) is 18.0. The number of aromatic nitrogens is 2. The summed E-state index contributed by atoms with van der Waals surface area (Å²) in [6.07, 6.45) is 1.50. The lowest BCUT2D eigenvalue weighted by molar-refractivity contribution is 0.0526. The first-order valence-corrected chi connectivity index (χ1v) is 7.94. The number of esters is 1. The maximum absolute atomic E-state index is 12.5. The van der Waals surface area contributed by atoms with Crippen molar-refractivity contribution in [2.45, 2.75) is 19.9 Å². The fourth-order valence-electron chi connectivity index (χ4n) is 2.60. The summed E-state index contributed by atoms with van der Waals surface area (Å²) in [6, 6.07) is 6.34. The van der Waals surface area contributed by atoms with Gasteiger partial charge in [0.1, 0.15) is 5.69 Å². The van der Waals surface area contributed by atoms with Crippen molar-refractivity contribution in [3.63, 3.8) is 0 Å². The maximum atomic E-state index is 12.5. The molecule has 2 N–H and O–H groups in total. The van der Waals surface area contributed by atoms with Crippen LogP contribution in [0, 0.1) is 0 Å². The number of carbonyl (C=O) groups excluding carboxylic acids is 3. The number of carbonyl (C=O) groups is 3. The van der Waals surface area contributed by atoms with E-state index in [2.05, 4.69) is 15.6 Å². The average molecular weight is 342 g/mol. The first-order valence-electron chi connectivity index (χ1n) is 7.94. The van der Waals surface area contributed by atoms with Gasteiger partial charge in [-0.05, 0) is 38.1 Å². The summed E-state index contributed by atoms with van der Waals surface area (Å²) in [5.74, 6) is -1.23. The molecule has 2 amide bonds. The average Bonchev–Trinajstić information content (AvgIpc) is 3.05. The summed E-state index contributed by atoms with van der Waals surface area (Å²) in [5, 5.41) is 5.42. The van der Waals surface area contributed by atoms with Crippen LogP contribution in [-0.4, -0.2) is 40.5 Å². The highest BCUT2D eigenvalue weighted by Crippen LogP contribution is 2.19. The van der Waals surface area contributed by atoms with Gasteiger partial charge in [0, 0.05) is 18.3 Å². The molecule has 0 radical (unpaired) electrons. The Hall–Kier alpha value is -3.16. The fourth-order valence-corrected chi connectivity index (χ4v) is 2.60. The minimum Gasteiger partial charge on any atom is -0.462 e. The number of hydrogen-bond donors (Lipinski definition) is 2. The highest BCUT2D eigenvalue weighted by molar-refractivity contribution is 6.10. The van der Waals surface area contributed by atoms with Crippen molar-refractivity contribution in [1.82, 2.24) is 14.9 Å². The number of benzene rings is 1. The fraction of sp³-hybridized carbons (Fsp3) is 0.294. The molecule has 0 aliphatic carbocycles. The third kappa shape index (κ3) is 3.23. The predicted octanol–water partition coefficient (Wildman–Crippen LogP) is 1.62. The van der Waals surface area contributed by atoms with Crippen LogP contribution in [0.25, 0.3) is 0 Å². The van der Waals surface area contributed by atoms with Crippen LogP contribution >= 0.6 is 0 Å². The largest absolute Gasteiger partial charge is 0.462 e. The van der Waals surface area contributed by atoms with E-state index in [0.29, 0.717) is 24.4 Å². The van der Waals surface area contributed by atoms with E-state index in [1.54, 1.807) is 35.8 Å². The highest BCUT2D eigenvalue weighted by atomic mass is 16.5. The van der Waals surface area contributed by atoms with Crippen molar-refractivity contribution < 1.29 is 19.1 Å². The molecule has 0 saturated heterocycles. The minimum atomic E-state index is -0.484. The number of nitrogens with one attached hydrogen (secondary N) is 2. The first-order chi connectivity index (χ1) is 12.0. The van der Waals surface area contributed by atoms with Crippen LogP contribution in [0.15, 0.2) is 30.6 Å². The van der Waals surface area contributed by atoms with E-state index in [9.17, 15) is 14.4 Å². The number of anilines is 1. The molecular weight excluding hydrogens is 324 g/mol. The second-order valence-corrected chi connectivity index (χ2v) is 5.66. The Bertz CT molecular complexity index is 826. The maximum Gasteiger partial charge on any atom is 0.338 e. The Balaban J connectivity index is 1.77. The minimum absolute atomic E-state index is 0.0330. The standard InChI is InChI=1S/C17H18N4O4/c1-3-25-17(24)11-4-6-12(7-5-11)20-15(22)13-14-16(23)18-8-10(2)21(14)9-19-13/h4-7,9-10H,3,8H2,1-2H3,(H,18,23)(H,20,22)/t10-/m1/s1. The number of hydrogen-bond acceptors (Lipinski definition) is 5. The zero-order valence-corrected chi connectivity index (χ0v) is 13.9. The van der Waals surface area contributed by atoms with E-state index in [1.165, 1.54) is 6.33 Å². The molecule has 130 valence electrons. The van der Waals surface area contributed by atoms with Gasteiger partial charge >= 0.3 is 5.97 Å². The van der Waals surface area contributed by atoms with Gasteiger partial charge in [-0.25, -0.2) is 9.78 Å². The lowest BCUT2D eigenvalue weighted by Crippen LogP contribution is -2.38. The van der Waals surface area contributed by atoms with Crippen LogP contribution in [0.4, 0.5) is 5.69 Å². The molecule has 3 rings (SSSR count). The summed E-state index contributed by atoms with van der Waals surface area (Å²) < 4.78 is 6.60. The number of amides is 2. The molecule has 0 unspecified atom stereocenters. The number of nitrogens with zero attached hydrogens (tertiary/aromatic N) is 2. The van der Waals surface area contributed by atoms with E-state index < -0.39 is 11.9 Å². The second kappa shape index (κ2) is 6.76. The lowest BCUT2D eigenvalue weighted by atomic mass is 10.2. The van der Waals surface area contributed by atoms with E-state index in [-0.39, 0.29) is 23.3 Å². The molecule has 2 heterocycles. The summed E-state index contributed by atoms with van der Waals surface area (Å²) >= 11 is 0. The molecule has 1 aliphatic heterocycles. The van der Waals surface area contributed by atoms with Crippen molar-refractivity contribution >= 4 is 23.5 Å². The molecular formula is C17H18N4O4. The smallest absolute Gasteiger partial charge is 0.338 e. The van der Waals surface area contributed by atoms with Crippen molar-refractivity contribution in [1.29, 1.82) is 0 Å². The number of ether oxygens (including phenoxy) is 1. The van der Waals surface area contributed by atoms with Crippen LogP contribution in [0.5, 0.6) is 0 Å². The van der Waals surface area contributed by atoms with Gasteiger partial charge < -0.3 is 19.9 Å². The van der Waals surface area contributed by atoms with Crippen LogP contribution in [0.1, 0.15) is 51.2 Å². The van der Waals surface area contributed by atoms with Crippen molar-refractivity contribution in [2.24, 2.45) is 0 Å². The van der Waals surface area contributed by atoms with Gasteiger partial charge in [-0.2, -0.15) is 0 Å². The summed E-state index contributed by atoms with van der Waals surface area (Å²) in [7, 11) is 0. The Morgan fingerprint density at radius 2 is 2.08 bits per heavy atom. The van der Waals surface area contributed by atoms with Crippen LogP contribution < -0.4 is 10.6 Å². The van der Waals surface area contributed by atoms with Crippen molar-refractivity contribution in [2.75, 3.05) is 18.5 Å². The van der Waals surface area contributed by atoms with E-state index in [0.717, 1.165) is 0 Å². The quantitative estimate of drug-likeness (QED) is 0.822. The lowest BCUT2D eigenvalue weighted by Gasteiger charge is -2.22. The Kier molecular flexibility index (Phi) is 4.51. The summed E-state index contributed by atoms with van der Waals surface area (Å²) in [6.45, 7) is 4.46. The van der Waals surface area contributed by atoms with Crippen LogP contribution in [0.2, 0.25) is 0 Å². The zero-order valence-electron chi connectivity index (χ0n) is 13.9. The number of imidazole rings is 1. The van der Waals surface area contributed by atoms with Gasteiger partial charge in [-0.3, -0.25) is 9.59 Å². The van der Waals surface area contributed by atoms with Crippen LogP contribution in [0.3, 0.4) is 0 Å². The first kappa shape index (κ1) is 16.7. The van der Waals surface area contributed by atoms with Gasteiger partial charge in [-0.1, -0.05) is 0 Å². The molecule has 2 aromatic rings. The third-order valence-electron chi connectivity index (χ3n) is 3.91. The Morgan fingerprint density at radius 3 is 2.76 bits per heavy atom. The Morgan fingerprint density at radius 1 is 1.36 bits per heavy atom. The molecule has 1 aromatic heterocycles. The molecule has 1 atom stereocenters. The van der Waals surface area contributed by atoms with Gasteiger partial charge in [0.05, 0.1) is 18.5 Å². The molecule has 0 spiro atoms. The number of fused-ring (bicyclic) bond motifs is 1. The molecule has 0 saturated carbocycles. The summed E-state index contributed by atoms with van der Waals surface area (Å²) in [5.41, 5.74) is 1.20. The Labute approximate surface area is 144 Å². The van der Waals surface area contributed by atoms with Crippen molar-refractivity contribution in [3.8, 4) is 0 Å². The van der Waals surface area contributed by atoms with Gasteiger partial charge in [0.2, 0.25) is 0 Å². The molecule has 1 aliphatic rings. The van der Waals surface area contributed by atoms with Gasteiger partial charge in [0.25, 0.3) is 11.8 Å². The molecule has 0 bridgehead atoms. The van der Waals surface area contributed by atoms with Crippen molar-refractivity contribution in [3.05, 3.63) is 47.5 Å². The molecule has 1 aromatic carbocycles. The second-order valence-electron chi connectivity index (χ2n) is 5.66. The predicted molar refractivity (Wildman–Crippen MR) is 89.6 cm³/mol. The third-order valence-corrected chi connectivity index (χ3v) is 3.91. The highest BCUT2D eigenvalue weighted by Gasteiger charge is 2.29. The SMILES string of the molecule is CCOC(=O)c1ccc(NC(=O)c2ncn3c2C(=O)NC[C@H]3C)cc1. The molecule has 25 heavy (non-hydrogen) atoms. The van der Waals surface area contributed by atoms with Gasteiger partial charge in [0.15, 0.2) is 5.69 Å². The molecule has 0 fully saturated rings. The molecule has 8 heteroatoms. The summed E-state index contributed by atoms with van der Waals surface area (Å²) in [4.78, 5) is 40.2. The molecule has 8 nitrogen and oxygen atoms in total. The van der Waals surface area contributed by atoms with E-state index in [4.69, 9.17) is 4.74 Å². The van der Waals surface area contributed by atoms with E-state index >= 15 is 0 Å².